The van der Waals surface area contributed by atoms with Crippen molar-refractivity contribution in [3.05, 3.63) is 23.8 Å². The molecule has 1 aliphatic rings. The van der Waals surface area contributed by atoms with E-state index in [-0.39, 0.29) is 5.91 Å². The van der Waals surface area contributed by atoms with Crippen molar-refractivity contribution >= 4 is 11.6 Å². The maximum atomic E-state index is 12.3. The zero-order valence-corrected chi connectivity index (χ0v) is 12.6. The molecule has 0 aromatic heterocycles. The number of carbonyl (C=O) groups excluding carboxylic acids is 1. The first-order valence-electron chi connectivity index (χ1n) is 7.48. The fraction of sp³-hybridized carbons (Fsp3) is 0.562. The van der Waals surface area contributed by atoms with Crippen molar-refractivity contribution in [2.75, 3.05) is 25.0 Å². The predicted octanol–water partition coefficient (Wildman–Crippen LogP) is 2.68. The molecule has 4 nitrogen and oxygen atoms in total. The molecule has 1 heterocycles. The number of likely N-dealkylation sites (N-methyl/N-ethyl adjacent to an activating group) is 1. The van der Waals surface area contributed by atoms with Crippen molar-refractivity contribution in [1.29, 1.82) is 0 Å². The van der Waals surface area contributed by atoms with Crippen LogP contribution in [0, 0.1) is 0 Å². The summed E-state index contributed by atoms with van der Waals surface area (Å²) < 4.78 is 5.93. The summed E-state index contributed by atoms with van der Waals surface area (Å²) in [6, 6.07) is 6.00. The second kappa shape index (κ2) is 6.64. The number of nitrogens with one attached hydrogen (secondary N) is 1. The van der Waals surface area contributed by atoms with E-state index in [1.54, 1.807) is 4.90 Å². The lowest BCUT2D eigenvalue weighted by Gasteiger charge is -2.26. The first kappa shape index (κ1) is 14.7. The van der Waals surface area contributed by atoms with Gasteiger partial charge in [-0.25, -0.2) is 0 Å². The van der Waals surface area contributed by atoms with Gasteiger partial charge in [0, 0.05) is 30.9 Å². The molecule has 1 aromatic rings. The lowest BCUT2D eigenvalue weighted by molar-refractivity contribution is -0.137. The molecule has 0 fully saturated rings. The molecule has 0 radical (unpaired) electrons. The molecule has 2 rings (SSSR count). The predicted molar refractivity (Wildman–Crippen MR) is 81.3 cm³/mol. The van der Waals surface area contributed by atoms with Gasteiger partial charge in [0.1, 0.15) is 5.75 Å². The lowest BCUT2D eigenvalue weighted by atomic mass is 10.0. The summed E-state index contributed by atoms with van der Waals surface area (Å²) in [7, 11) is 0. The molecule has 1 aromatic carbocycles. The Morgan fingerprint density at radius 1 is 1.40 bits per heavy atom. The van der Waals surface area contributed by atoms with Crippen molar-refractivity contribution < 1.29 is 9.53 Å². The van der Waals surface area contributed by atoms with Gasteiger partial charge in [-0.3, -0.25) is 4.79 Å². The van der Waals surface area contributed by atoms with Crippen molar-refractivity contribution in [1.82, 2.24) is 4.90 Å². The number of hydrogen-bond donors (Lipinski definition) is 1. The second-order valence-electron chi connectivity index (χ2n) is 5.08. The number of rotatable bonds is 5. The van der Waals surface area contributed by atoms with Gasteiger partial charge < -0.3 is 15.0 Å². The van der Waals surface area contributed by atoms with E-state index >= 15 is 0 Å². The van der Waals surface area contributed by atoms with E-state index in [9.17, 15) is 4.79 Å². The third-order valence-corrected chi connectivity index (χ3v) is 3.78. The van der Waals surface area contributed by atoms with Gasteiger partial charge >= 0.3 is 0 Å². The normalized spacial score (nSPS) is 14.9. The van der Waals surface area contributed by atoms with Gasteiger partial charge in [-0.15, -0.1) is 0 Å². The average Bonchev–Trinajstić information content (AvgIpc) is 2.48. The van der Waals surface area contributed by atoms with Gasteiger partial charge in [0.25, 0.3) is 5.91 Å². The average molecular weight is 276 g/mol. The topological polar surface area (TPSA) is 41.6 Å². The van der Waals surface area contributed by atoms with Gasteiger partial charge in [-0.2, -0.15) is 0 Å². The fourth-order valence-corrected chi connectivity index (χ4v) is 2.62. The molecule has 20 heavy (non-hydrogen) atoms. The fourth-order valence-electron chi connectivity index (χ4n) is 2.62. The number of benzene rings is 1. The van der Waals surface area contributed by atoms with Crippen LogP contribution in [0.15, 0.2) is 18.2 Å². The smallest absolute Gasteiger partial charge is 0.263 e. The van der Waals surface area contributed by atoms with E-state index in [2.05, 4.69) is 11.4 Å². The minimum Gasteiger partial charge on any atom is -0.481 e. The van der Waals surface area contributed by atoms with Crippen LogP contribution in [-0.2, 0) is 11.2 Å². The maximum absolute atomic E-state index is 12.3. The molecule has 0 spiro atoms. The highest BCUT2D eigenvalue weighted by molar-refractivity contribution is 5.81. The Balaban J connectivity index is 2.12. The van der Waals surface area contributed by atoms with E-state index in [4.69, 9.17) is 4.74 Å². The van der Waals surface area contributed by atoms with Crippen LogP contribution in [0.1, 0.15) is 32.8 Å². The summed E-state index contributed by atoms with van der Waals surface area (Å²) in [4.78, 5) is 14.1. The highest BCUT2D eigenvalue weighted by Crippen LogP contribution is 2.31. The van der Waals surface area contributed by atoms with Crippen molar-refractivity contribution in [2.24, 2.45) is 0 Å². The summed E-state index contributed by atoms with van der Waals surface area (Å²) >= 11 is 0. The van der Waals surface area contributed by atoms with Crippen molar-refractivity contribution in [2.45, 2.75) is 39.7 Å². The Bertz CT molecular complexity index is 470. The SMILES string of the molecule is CCN(CC)C(=O)C(C)Oc1cccc2c1CCCN2. The first-order chi connectivity index (χ1) is 9.67. The largest absolute Gasteiger partial charge is 0.481 e. The molecule has 0 aliphatic carbocycles. The molecule has 1 aliphatic heterocycles. The summed E-state index contributed by atoms with van der Waals surface area (Å²) in [5.41, 5.74) is 2.33. The number of anilines is 1. The molecule has 1 unspecified atom stereocenters. The van der Waals surface area contributed by atoms with E-state index in [1.165, 1.54) is 5.56 Å². The quantitative estimate of drug-likeness (QED) is 0.899. The van der Waals surface area contributed by atoms with Gasteiger partial charge in [0.05, 0.1) is 0 Å². The van der Waals surface area contributed by atoms with Gasteiger partial charge in [-0.1, -0.05) is 6.07 Å². The van der Waals surface area contributed by atoms with Crippen LogP contribution in [0.5, 0.6) is 5.75 Å². The number of nitrogens with zero attached hydrogens (tertiary/aromatic N) is 1. The zero-order chi connectivity index (χ0) is 14.5. The summed E-state index contributed by atoms with van der Waals surface area (Å²) in [6.45, 7) is 8.25. The minimum absolute atomic E-state index is 0.0522. The first-order valence-corrected chi connectivity index (χ1v) is 7.48. The molecule has 0 saturated carbocycles. The number of fused-ring (bicyclic) bond motifs is 1. The number of ether oxygens (including phenoxy) is 1. The summed E-state index contributed by atoms with van der Waals surface area (Å²) in [6.07, 6.45) is 1.67. The van der Waals surface area contributed by atoms with Crippen molar-refractivity contribution in [3.63, 3.8) is 0 Å². The molecule has 1 N–H and O–H groups in total. The molecule has 1 amide bonds. The van der Waals surface area contributed by atoms with Gasteiger partial charge in [0.2, 0.25) is 0 Å². The van der Waals surface area contributed by atoms with Crippen LogP contribution in [0.25, 0.3) is 0 Å². The van der Waals surface area contributed by atoms with Crippen molar-refractivity contribution in [3.8, 4) is 5.75 Å². The monoisotopic (exact) mass is 276 g/mol. The highest BCUT2D eigenvalue weighted by atomic mass is 16.5. The van der Waals surface area contributed by atoms with Crippen LogP contribution < -0.4 is 10.1 Å². The second-order valence-corrected chi connectivity index (χ2v) is 5.08. The Labute approximate surface area is 121 Å². The van der Waals surface area contributed by atoms with E-state index in [0.717, 1.165) is 43.9 Å². The van der Waals surface area contributed by atoms with Crippen LogP contribution in [0.2, 0.25) is 0 Å². The lowest BCUT2D eigenvalue weighted by Crippen LogP contribution is -2.40. The molecule has 0 bridgehead atoms. The Morgan fingerprint density at radius 2 is 2.15 bits per heavy atom. The standard InChI is InChI=1S/C16H24N2O2/c1-4-18(5-2)16(19)12(3)20-15-10-6-9-14-13(15)8-7-11-17-14/h6,9-10,12,17H,4-5,7-8,11H2,1-3H3. The van der Waals surface area contributed by atoms with Crippen LogP contribution in [0.4, 0.5) is 5.69 Å². The van der Waals surface area contributed by atoms with Gasteiger partial charge in [0.15, 0.2) is 6.10 Å². The molecule has 1 atom stereocenters. The molecule has 110 valence electrons. The Hall–Kier alpha value is -1.71. The summed E-state index contributed by atoms with van der Waals surface area (Å²) in [5, 5.41) is 3.38. The molecular weight excluding hydrogens is 252 g/mol. The Morgan fingerprint density at radius 3 is 2.85 bits per heavy atom. The third kappa shape index (κ3) is 3.06. The highest BCUT2D eigenvalue weighted by Gasteiger charge is 2.22. The van der Waals surface area contributed by atoms with Crippen LogP contribution >= 0.6 is 0 Å². The van der Waals surface area contributed by atoms with Crippen LogP contribution in [0.3, 0.4) is 0 Å². The van der Waals surface area contributed by atoms with E-state index in [0.29, 0.717) is 0 Å². The minimum atomic E-state index is -0.441. The van der Waals surface area contributed by atoms with E-state index in [1.807, 2.05) is 32.9 Å². The van der Waals surface area contributed by atoms with E-state index < -0.39 is 6.10 Å². The maximum Gasteiger partial charge on any atom is 0.263 e. The number of amides is 1. The number of hydrogen-bond acceptors (Lipinski definition) is 3. The third-order valence-electron chi connectivity index (χ3n) is 3.78. The van der Waals surface area contributed by atoms with Gasteiger partial charge in [-0.05, 0) is 45.7 Å². The Kier molecular flexibility index (Phi) is 4.88. The molecule has 4 heteroatoms. The molecule has 0 saturated heterocycles. The molecular formula is C16H24N2O2. The zero-order valence-electron chi connectivity index (χ0n) is 12.6. The summed E-state index contributed by atoms with van der Waals surface area (Å²) in [5.74, 6) is 0.888. The number of carbonyl (C=O) groups is 1. The van der Waals surface area contributed by atoms with Crippen LogP contribution in [-0.4, -0.2) is 36.5 Å².